The van der Waals surface area contributed by atoms with Crippen LogP contribution in [0.3, 0.4) is 0 Å². The molecule has 6 heteroatoms. The van der Waals surface area contributed by atoms with Crippen molar-refractivity contribution in [2.45, 2.75) is 19.4 Å². The van der Waals surface area contributed by atoms with E-state index in [0.717, 1.165) is 0 Å². The number of aromatic hydroxyl groups is 1. The third-order valence-electron chi connectivity index (χ3n) is 5.15. The number of hydrogen-bond donors (Lipinski definition) is 1. The molecular weight excluding hydrogens is 372 g/mol. The van der Waals surface area contributed by atoms with Crippen molar-refractivity contribution in [2.75, 3.05) is 19.8 Å². The molecule has 0 radical (unpaired) electrons. The second-order valence-electron chi connectivity index (χ2n) is 7.66. The molecule has 0 aromatic heterocycles. The Kier molecular flexibility index (Phi) is 3.84. The van der Waals surface area contributed by atoms with Crippen LogP contribution in [-0.2, 0) is 0 Å². The van der Waals surface area contributed by atoms with Gasteiger partial charge in [-0.2, -0.15) is 0 Å². The van der Waals surface area contributed by atoms with Gasteiger partial charge in [0, 0.05) is 17.2 Å². The molecule has 0 amide bonds. The lowest BCUT2D eigenvalue weighted by molar-refractivity contribution is 0.105. The molecule has 2 aromatic rings. The standard InChI is InChI=1S/C23H20O6/c1-23(2)7-5-14-17(29-23)4-3-15(22(14)25)21(24)13-6-8-26-18-12-20-19(11-16(13)18)27-9-10-28-20/h3-7,11-12,25H,8-10H2,1-2H3. The molecule has 0 saturated carbocycles. The van der Waals surface area contributed by atoms with Crippen LogP contribution in [0.4, 0.5) is 0 Å². The van der Waals surface area contributed by atoms with E-state index in [2.05, 4.69) is 0 Å². The SMILES string of the molecule is CC1(C)C=Cc2c(ccc(C(=O)C3=CCOc4cc5c(cc43)OCCO5)c2O)O1. The van der Waals surface area contributed by atoms with E-state index in [1.165, 1.54) is 0 Å². The van der Waals surface area contributed by atoms with E-state index < -0.39 is 5.60 Å². The van der Waals surface area contributed by atoms with Crippen molar-refractivity contribution in [3.8, 4) is 28.7 Å². The molecule has 29 heavy (non-hydrogen) atoms. The molecule has 0 fully saturated rings. The molecule has 0 unspecified atom stereocenters. The van der Waals surface area contributed by atoms with E-state index in [9.17, 15) is 9.90 Å². The van der Waals surface area contributed by atoms with E-state index in [0.29, 0.717) is 52.9 Å². The summed E-state index contributed by atoms with van der Waals surface area (Å²) in [6.07, 6.45) is 5.36. The number of phenolic OH excluding ortho intramolecular Hbond substituents is 1. The molecule has 1 N–H and O–H groups in total. The minimum Gasteiger partial charge on any atom is -0.506 e. The van der Waals surface area contributed by atoms with Crippen LogP contribution >= 0.6 is 0 Å². The van der Waals surface area contributed by atoms with Gasteiger partial charge in [0.15, 0.2) is 17.3 Å². The highest BCUT2D eigenvalue weighted by molar-refractivity contribution is 6.30. The number of benzene rings is 2. The summed E-state index contributed by atoms with van der Waals surface area (Å²) in [5.41, 5.74) is 1.33. The minimum atomic E-state index is -0.464. The summed E-state index contributed by atoms with van der Waals surface area (Å²) in [6.45, 7) is 5.05. The Morgan fingerprint density at radius 2 is 1.76 bits per heavy atom. The number of phenols is 1. The van der Waals surface area contributed by atoms with Gasteiger partial charge in [0.05, 0.1) is 11.1 Å². The Hall–Kier alpha value is -3.41. The summed E-state index contributed by atoms with van der Waals surface area (Å²) in [5, 5.41) is 10.8. The fraction of sp³-hybridized carbons (Fsp3) is 0.261. The molecular formula is C23H20O6. The summed E-state index contributed by atoms with van der Waals surface area (Å²) in [5.74, 6) is 1.91. The van der Waals surface area contributed by atoms with Gasteiger partial charge in [-0.05, 0) is 50.3 Å². The summed E-state index contributed by atoms with van der Waals surface area (Å²) in [7, 11) is 0. The van der Waals surface area contributed by atoms with Crippen LogP contribution in [0.5, 0.6) is 28.7 Å². The Balaban J connectivity index is 1.55. The highest BCUT2D eigenvalue weighted by atomic mass is 16.6. The van der Waals surface area contributed by atoms with Gasteiger partial charge in [0.2, 0.25) is 0 Å². The van der Waals surface area contributed by atoms with Crippen molar-refractivity contribution >= 4 is 17.4 Å². The third kappa shape index (κ3) is 2.92. The monoisotopic (exact) mass is 392 g/mol. The third-order valence-corrected chi connectivity index (χ3v) is 5.15. The number of rotatable bonds is 2. The molecule has 0 spiro atoms. The van der Waals surface area contributed by atoms with Gasteiger partial charge in [-0.3, -0.25) is 4.79 Å². The predicted octanol–water partition coefficient (Wildman–Crippen LogP) is 4.01. The lowest BCUT2D eigenvalue weighted by Crippen LogP contribution is -2.27. The fourth-order valence-corrected chi connectivity index (χ4v) is 3.71. The molecule has 0 bridgehead atoms. The first-order valence-corrected chi connectivity index (χ1v) is 9.49. The first-order valence-electron chi connectivity index (χ1n) is 9.49. The van der Waals surface area contributed by atoms with Crippen molar-refractivity contribution in [2.24, 2.45) is 0 Å². The second kappa shape index (κ2) is 6.30. The van der Waals surface area contributed by atoms with Crippen molar-refractivity contribution in [3.05, 3.63) is 53.1 Å². The number of carbonyl (C=O) groups is 1. The fourth-order valence-electron chi connectivity index (χ4n) is 3.71. The number of carbonyl (C=O) groups excluding carboxylic acids is 1. The largest absolute Gasteiger partial charge is 0.506 e. The van der Waals surface area contributed by atoms with E-state index >= 15 is 0 Å². The number of ether oxygens (including phenoxy) is 4. The lowest BCUT2D eigenvalue weighted by atomic mass is 9.91. The lowest BCUT2D eigenvalue weighted by Gasteiger charge is -2.28. The Morgan fingerprint density at radius 3 is 2.55 bits per heavy atom. The van der Waals surface area contributed by atoms with Crippen LogP contribution < -0.4 is 18.9 Å². The summed E-state index contributed by atoms with van der Waals surface area (Å²) >= 11 is 0. The molecule has 3 heterocycles. The Morgan fingerprint density at radius 1 is 1.00 bits per heavy atom. The first-order chi connectivity index (χ1) is 13.9. The summed E-state index contributed by atoms with van der Waals surface area (Å²) in [4.78, 5) is 13.3. The van der Waals surface area contributed by atoms with Crippen LogP contribution in [-0.4, -0.2) is 36.3 Å². The maximum Gasteiger partial charge on any atom is 0.197 e. The summed E-state index contributed by atoms with van der Waals surface area (Å²) in [6, 6.07) is 6.82. The molecule has 0 saturated heterocycles. The topological polar surface area (TPSA) is 74.2 Å². The normalized spacial score (nSPS) is 17.9. The Bertz CT molecular complexity index is 1090. The highest BCUT2D eigenvalue weighted by Crippen LogP contribution is 2.44. The zero-order chi connectivity index (χ0) is 20.2. The highest BCUT2D eigenvalue weighted by Gasteiger charge is 2.29. The number of Topliss-reactive ketones (excluding diaryl/α,β-unsaturated/α-hetero) is 1. The van der Waals surface area contributed by atoms with Gasteiger partial charge in [-0.1, -0.05) is 0 Å². The zero-order valence-electron chi connectivity index (χ0n) is 16.2. The van der Waals surface area contributed by atoms with Crippen LogP contribution in [0.2, 0.25) is 0 Å². The van der Waals surface area contributed by atoms with Gasteiger partial charge in [-0.15, -0.1) is 0 Å². The number of allylic oxidation sites excluding steroid dienone is 1. The van der Waals surface area contributed by atoms with Crippen molar-refractivity contribution in [3.63, 3.8) is 0 Å². The molecule has 3 aliphatic rings. The minimum absolute atomic E-state index is 0.0919. The van der Waals surface area contributed by atoms with Gasteiger partial charge in [0.25, 0.3) is 0 Å². The van der Waals surface area contributed by atoms with E-state index in [-0.39, 0.29) is 23.7 Å². The smallest absolute Gasteiger partial charge is 0.197 e. The molecule has 0 atom stereocenters. The average molecular weight is 392 g/mol. The van der Waals surface area contributed by atoms with Gasteiger partial charge in [0.1, 0.15) is 42.7 Å². The molecule has 2 aromatic carbocycles. The maximum absolute atomic E-state index is 13.3. The number of fused-ring (bicyclic) bond motifs is 3. The van der Waals surface area contributed by atoms with Gasteiger partial charge >= 0.3 is 0 Å². The van der Waals surface area contributed by atoms with E-state index in [4.69, 9.17) is 18.9 Å². The van der Waals surface area contributed by atoms with Gasteiger partial charge in [-0.25, -0.2) is 0 Å². The maximum atomic E-state index is 13.3. The molecule has 5 rings (SSSR count). The average Bonchev–Trinajstić information content (AvgIpc) is 2.71. The number of hydrogen-bond acceptors (Lipinski definition) is 6. The quantitative estimate of drug-likeness (QED) is 0.779. The first kappa shape index (κ1) is 17.7. The van der Waals surface area contributed by atoms with E-state index in [1.54, 1.807) is 36.4 Å². The number of ketones is 1. The van der Waals surface area contributed by atoms with Crippen LogP contribution in [0.25, 0.3) is 11.6 Å². The predicted molar refractivity (Wildman–Crippen MR) is 107 cm³/mol. The van der Waals surface area contributed by atoms with Crippen LogP contribution in [0.15, 0.2) is 36.4 Å². The van der Waals surface area contributed by atoms with Gasteiger partial charge < -0.3 is 24.1 Å². The van der Waals surface area contributed by atoms with Crippen molar-refractivity contribution in [1.82, 2.24) is 0 Å². The van der Waals surface area contributed by atoms with E-state index in [1.807, 2.05) is 19.9 Å². The molecule has 3 aliphatic heterocycles. The molecule has 148 valence electrons. The second-order valence-corrected chi connectivity index (χ2v) is 7.66. The zero-order valence-corrected chi connectivity index (χ0v) is 16.2. The molecule has 6 nitrogen and oxygen atoms in total. The Labute approximate surface area is 168 Å². The van der Waals surface area contributed by atoms with Crippen LogP contribution in [0.1, 0.15) is 35.3 Å². The van der Waals surface area contributed by atoms with Crippen molar-refractivity contribution in [1.29, 1.82) is 0 Å². The summed E-state index contributed by atoms with van der Waals surface area (Å²) < 4.78 is 22.8. The molecule has 0 aliphatic carbocycles. The van der Waals surface area contributed by atoms with Crippen molar-refractivity contribution < 1.29 is 28.8 Å². The van der Waals surface area contributed by atoms with Crippen LogP contribution in [0, 0.1) is 0 Å².